The second kappa shape index (κ2) is 10.5. The first kappa shape index (κ1) is 23.6. The van der Waals surface area contributed by atoms with Crippen LogP contribution in [-0.4, -0.2) is 52.2 Å². The molecule has 170 valence electrons. The van der Waals surface area contributed by atoms with Crippen molar-refractivity contribution in [2.75, 3.05) is 41.4 Å². The molecule has 0 spiro atoms. The maximum atomic E-state index is 13.3. The first-order valence-corrected chi connectivity index (χ1v) is 10.6. The van der Waals surface area contributed by atoms with Crippen LogP contribution in [0.5, 0.6) is 11.5 Å². The van der Waals surface area contributed by atoms with Crippen LogP contribution in [-0.2, 0) is 6.42 Å². The Morgan fingerprint density at radius 1 is 1.09 bits per heavy atom. The van der Waals surface area contributed by atoms with Crippen LogP contribution in [0.25, 0.3) is 11.0 Å². The lowest BCUT2D eigenvalue weighted by molar-refractivity contribution is 0.0923. The minimum atomic E-state index is -0.432. The molecule has 8 heteroatoms. The molecule has 0 aliphatic heterocycles. The lowest BCUT2D eigenvalue weighted by Gasteiger charge is -2.13. The predicted octanol–water partition coefficient (Wildman–Crippen LogP) is 3.74. The first-order valence-electron chi connectivity index (χ1n) is 10.2. The number of amides is 1. The third-order valence-corrected chi connectivity index (χ3v) is 5.29. The Bertz CT molecular complexity index is 1170. The average molecular weight is 459 g/mol. The van der Waals surface area contributed by atoms with Crippen LogP contribution in [0.2, 0.25) is 5.02 Å². The van der Waals surface area contributed by atoms with Crippen molar-refractivity contribution in [2.24, 2.45) is 0 Å². The second-order valence-electron chi connectivity index (χ2n) is 7.66. The summed E-state index contributed by atoms with van der Waals surface area (Å²) < 4.78 is 16.6. The van der Waals surface area contributed by atoms with E-state index in [2.05, 4.69) is 5.32 Å². The van der Waals surface area contributed by atoms with E-state index in [1.165, 1.54) is 0 Å². The van der Waals surface area contributed by atoms with E-state index in [4.69, 9.17) is 25.5 Å². The molecule has 1 heterocycles. The highest BCUT2D eigenvalue weighted by molar-refractivity contribution is 6.31. The summed E-state index contributed by atoms with van der Waals surface area (Å²) in [5, 5.41) is 3.64. The molecule has 0 atom stereocenters. The summed E-state index contributed by atoms with van der Waals surface area (Å²) in [6.45, 7) is 1.29. The van der Waals surface area contributed by atoms with E-state index in [9.17, 15) is 9.59 Å². The van der Waals surface area contributed by atoms with E-state index < -0.39 is 5.91 Å². The zero-order valence-corrected chi connectivity index (χ0v) is 19.4. The summed E-state index contributed by atoms with van der Waals surface area (Å²) in [6, 6.07) is 10.1. The normalized spacial score (nSPS) is 11.1. The van der Waals surface area contributed by atoms with Crippen LogP contribution in [0.1, 0.15) is 28.1 Å². The summed E-state index contributed by atoms with van der Waals surface area (Å²) in [4.78, 5) is 28.3. The molecule has 1 aromatic heterocycles. The molecule has 32 heavy (non-hydrogen) atoms. The third-order valence-electron chi connectivity index (χ3n) is 5.05. The Morgan fingerprint density at radius 3 is 2.53 bits per heavy atom. The van der Waals surface area contributed by atoms with Gasteiger partial charge >= 0.3 is 0 Å². The van der Waals surface area contributed by atoms with Gasteiger partial charge < -0.3 is 24.1 Å². The van der Waals surface area contributed by atoms with Crippen LogP contribution in [0.3, 0.4) is 0 Å². The fourth-order valence-corrected chi connectivity index (χ4v) is 3.58. The maximum Gasteiger partial charge on any atom is 0.287 e. The molecule has 0 saturated carbocycles. The first-order chi connectivity index (χ1) is 15.3. The number of carbonyl (C=O) groups excluding carboxylic acids is 1. The molecule has 3 rings (SSSR count). The fraction of sp³-hybridized carbons (Fsp3) is 0.333. The van der Waals surface area contributed by atoms with Gasteiger partial charge in [-0.05, 0) is 56.9 Å². The molecule has 1 N–H and O–H groups in total. The number of halogens is 1. The lowest BCUT2D eigenvalue weighted by atomic mass is 10.0. The van der Waals surface area contributed by atoms with Crippen LogP contribution >= 0.6 is 11.6 Å². The van der Waals surface area contributed by atoms with Gasteiger partial charge in [0.2, 0.25) is 0 Å². The number of fused-ring (bicyclic) bond motifs is 1. The number of ether oxygens (including phenoxy) is 2. The summed E-state index contributed by atoms with van der Waals surface area (Å²) in [6.07, 6.45) is 0.967. The Balaban J connectivity index is 2.02. The molecule has 0 radical (unpaired) electrons. The molecule has 3 aromatic rings. The van der Waals surface area contributed by atoms with E-state index in [1.807, 2.05) is 25.1 Å². The van der Waals surface area contributed by atoms with Gasteiger partial charge in [0.05, 0.1) is 25.2 Å². The van der Waals surface area contributed by atoms with Gasteiger partial charge in [0.1, 0.15) is 5.58 Å². The van der Waals surface area contributed by atoms with Gasteiger partial charge in [0, 0.05) is 24.1 Å². The summed E-state index contributed by atoms with van der Waals surface area (Å²) >= 11 is 6.07. The van der Waals surface area contributed by atoms with E-state index in [0.717, 1.165) is 18.5 Å². The molecule has 0 aliphatic rings. The summed E-state index contributed by atoms with van der Waals surface area (Å²) in [5.41, 5.74) is 1.07. The van der Waals surface area contributed by atoms with Gasteiger partial charge in [0.25, 0.3) is 5.91 Å². The van der Waals surface area contributed by atoms with Gasteiger partial charge in [-0.15, -0.1) is 0 Å². The zero-order chi connectivity index (χ0) is 23.3. The van der Waals surface area contributed by atoms with Crippen molar-refractivity contribution < 1.29 is 18.7 Å². The van der Waals surface area contributed by atoms with Crippen LogP contribution in [0.4, 0.5) is 0 Å². The molecule has 0 unspecified atom stereocenters. The van der Waals surface area contributed by atoms with Crippen molar-refractivity contribution in [3.05, 3.63) is 68.5 Å². The second-order valence-corrected chi connectivity index (χ2v) is 8.09. The fourth-order valence-electron chi connectivity index (χ4n) is 3.42. The number of rotatable bonds is 9. The maximum absolute atomic E-state index is 13.3. The van der Waals surface area contributed by atoms with Crippen molar-refractivity contribution >= 4 is 28.5 Å². The molecule has 0 aliphatic carbocycles. The molecular weight excluding hydrogens is 432 g/mol. The topological polar surface area (TPSA) is 81.0 Å². The Kier molecular flexibility index (Phi) is 7.77. The van der Waals surface area contributed by atoms with Crippen molar-refractivity contribution in [1.29, 1.82) is 0 Å². The van der Waals surface area contributed by atoms with Crippen molar-refractivity contribution in [2.45, 2.75) is 12.8 Å². The molecule has 0 saturated heterocycles. The minimum absolute atomic E-state index is 0.00981. The van der Waals surface area contributed by atoms with Crippen LogP contribution < -0.4 is 20.2 Å². The Morgan fingerprint density at radius 2 is 1.84 bits per heavy atom. The number of nitrogens with one attached hydrogen (secondary N) is 1. The minimum Gasteiger partial charge on any atom is -0.493 e. The highest BCUT2D eigenvalue weighted by Gasteiger charge is 2.21. The largest absolute Gasteiger partial charge is 0.493 e. The third kappa shape index (κ3) is 5.41. The Labute approximate surface area is 191 Å². The average Bonchev–Trinajstić information content (AvgIpc) is 2.77. The highest BCUT2D eigenvalue weighted by Crippen LogP contribution is 2.29. The van der Waals surface area contributed by atoms with Crippen LogP contribution in [0.15, 0.2) is 45.6 Å². The monoisotopic (exact) mass is 458 g/mol. The molecule has 7 nitrogen and oxygen atoms in total. The SMILES string of the molecule is COc1ccc(Cc2c(C(=O)NCCCN(C)C)oc3cc(Cl)ccc3c2=O)cc1OC. The highest BCUT2D eigenvalue weighted by atomic mass is 35.5. The summed E-state index contributed by atoms with van der Waals surface area (Å²) in [5.74, 6) is 0.676. The lowest BCUT2D eigenvalue weighted by Crippen LogP contribution is -2.29. The standard InChI is InChI=1S/C24H27ClN2O5/c1-27(2)11-5-10-26-24(29)23-18(12-15-6-9-19(30-3)21(13-15)31-4)22(28)17-8-7-16(25)14-20(17)32-23/h6-9,13-14H,5,10-12H2,1-4H3,(H,26,29). The summed E-state index contributed by atoms with van der Waals surface area (Å²) in [7, 11) is 7.03. The smallest absolute Gasteiger partial charge is 0.287 e. The predicted molar refractivity (Wildman–Crippen MR) is 125 cm³/mol. The number of benzene rings is 2. The van der Waals surface area contributed by atoms with E-state index in [1.54, 1.807) is 44.6 Å². The van der Waals surface area contributed by atoms with Crippen molar-refractivity contribution in [3.63, 3.8) is 0 Å². The molecule has 0 fully saturated rings. The van der Waals surface area contributed by atoms with Gasteiger partial charge in [-0.2, -0.15) is 0 Å². The van der Waals surface area contributed by atoms with Gasteiger partial charge in [-0.3, -0.25) is 9.59 Å². The molecule has 0 bridgehead atoms. The van der Waals surface area contributed by atoms with E-state index in [-0.39, 0.29) is 28.8 Å². The van der Waals surface area contributed by atoms with Gasteiger partial charge in [-0.25, -0.2) is 0 Å². The van der Waals surface area contributed by atoms with E-state index >= 15 is 0 Å². The Hall–Kier alpha value is -3.03. The van der Waals surface area contributed by atoms with Crippen LogP contribution in [0, 0.1) is 0 Å². The quantitative estimate of drug-likeness (QED) is 0.492. The van der Waals surface area contributed by atoms with Crippen molar-refractivity contribution in [3.8, 4) is 11.5 Å². The molecular formula is C24H27ClN2O5. The van der Waals surface area contributed by atoms with E-state index in [0.29, 0.717) is 28.5 Å². The molecule has 2 aromatic carbocycles. The van der Waals surface area contributed by atoms with Gasteiger partial charge in [-0.1, -0.05) is 17.7 Å². The number of nitrogens with zero attached hydrogens (tertiary/aromatic N) is 1. The number of carbonyl (C=O) groups is 1. The van der Waals surface area contributed by atoms with Gasteiger partial charge in [0.15, 0.2) is 22.7 Å². The molecule has 1 amide bonds. The number of hydrogen-bond acceptors (Lipinski definition) is 6. The number of methoxy groups -OCH3 is 2. The zero-order valence-electron chi connectivity index (χ0n) is 18.7. The van der Waals surface area contributed by atoms with Crippen molar-refractivity contribution in [1.82, 2.24) is 10.2 Å². The number of hydrogen-bond donors (Lipinski definition) is 1.